The van der Waals surface area contributed by atoms with Gasteiger partial charge in [0.15, 0.2) is 5.76 Å². The minimum Gasteiger partial charge on any atom is -0.459 e. The quantitative estimate of drug-likeness (QED) is 0.694. The van der Waals surface area contributed by atoms with E-state index in [4.69, 9.17) is 9.15 Å². The summed E-state index contributed by atoms with van der Waals surface area (Å²) < 4.78 is 10.1. The Kier molecular flexibility index (Phi) is 6.29. The molecule has 3 rings (SSSR count). The first-order valence-electron chi connectivity index (χ1n) is 9.13. The highest BCUT2D eigenvalue weighted by atomic mass is 16.5. The second-order valence-corrected chi connectivity index (χ2v) is 6.89. The molecular formula is C18H27N3O5. The normalized spacial score (nSPS) is 24.8. The molecule has 2 N–H and O–H groups in total. The van der Waals surface area contributed by atoms with Gasteiger partial charge in [-0.1, -0.05) is 0 Å². The van der Waals surface area contributed by atoms with Crippen LogP contribution in [0.3, 0.4) is 0 Å². The van der Waals surface area contributed by atoms with Crippen LogP contribution in [0.1, 0.15) is 29.8 Å². The summed E-state index contributed by atoms with van der Waals surface area (Å²) in [6, 6.07) is 3.24. The second kappa shape index (κ2) is 8.66. The number of nitrogens with zero attached hydrogens (tertiary/aromatic N) is 2. The zero-order valence-electron chi connectivity index (χ0n) is 15.1. The number of hydrogen-bond donors (Lipinski definition) is 2. The molecule has 1 aromatic rings. The smallest absolute Gasteiger partial charge is 0.289 e. The van der Waals surface area contributed by atoms with Crippen molar-refractivity contribution in [3.05, 3.63) is 24.2 Å². The molecule has 2 aliphatic heterocycles. The Hall–Kier alpha value is -1.90. The molecule has 0 aliphatic carbocycles. The van der Waals surface area contributed by atoms with Gasteiger partial charge in [0.2, 0.25) is 5.91 Å². The highest BCUT2D eigenvalue weighted by molar-refractivity contribution is 5.91. The minimum absolute atomic E-state index is 0.0623. The standard InChI is InChI=1S/C18H27N3O5/c1-25-10-6-19-17(23)15-11-14(22)12-21(15)13-4-7-20(8-5-13)18(24)16-3-2-9-26-16/h2-3,9,13-15,22H,4-8,10-12H2,1H3,(H,19,23)/t14-,15+/m1/s1. The van der Waals surface area contributed by atoms with Gasteiger partial charge in [0.05, 0.1) is 25.0 Å². The summed E-state index contributed by atoms with van der Waals surface area (Å²) in [7, 11) is 1.59. The number of aliphatic hydroxyl groups is 1. The van der Waals surface area contributed by atoms with E-state index in [1.807, 2.05) is 0 Å². The van der Waals surface area contributed by atoms with Gasteiger partial charge >= 0.3 is 0 Å². The first-order chi connectivity index (χ1) is 12.6. The summed E-state index contributed by atoms with van der Waals surface area (Å²) in [6.45, 7) is 2.67. The second-order valence-electron chi connectivity index (χ2n) is 6.89. The van der Waals surface area contributed by atoms with Crippen molar-refractivity contribution in [1.82, 2.24) is 15.1 Å². The molecule has 2 saturated heterocycles. The van der Waals surface area contributed by atoms with E-state index in [2.05, 4.69) is 10.2 Å². The number of aliphatic hydroxyl groups excluding tert-OH is 1. The number of methoxy groups -OCH3 is 1. The molecule has 2 aliphatic rings. The number of hydrogen-bond acceptors (Lipinski definition) is 6. The average molecular weight is 365 g/mol. The lowest BCUT2D eigenvalue weighted by atomic mass is 10.0. The molecule has 0 radical (unpaired) electrons. The van der Waals surface area contributed by atoms with Crippen LogP contribution in [-0.4, -0.2) is 84.8 Å². The van der Waals surface area contributed by atoms with E-state index in [1.54, 1.807) is 24.1 Å². The molecule has 0 spiro atoms. The zero-order chi connectivity index (χ0) is 18.5. The molecule has 3 heterocycles. The van der Waals surface area contributed by atoms with Crippen LogP contribution >= 0.6 is 0 Å². The Balaban J connectivity index is 1.55. The summed E-state index contributed by atoms with van der Waals surface area (Å²) in [6.07, 6.45) is 3.01. The third-order valence-corrected chi connectivity index (χ3v) is 5.18. The van der Waals surface area contributed by atoms with Crippen LogP contribution in [0.2, 0.25) is 0 Å². The Morgan fingerprint density at radius 2 is 2.15 bits per heavy atom. The van der Waals surface area contributed by atoms with Crippen LogP contribution in [0.15, 0.2) is 22.8 Å². The number of rotatable bonds is 6. The Morgan fingerprint density at radius 1 is 1.38 bits per heavy atom. The van der Waals surface area contributed by atoms with Gasteiger partial charge in [-0.15, -0.1) is 0 Å². The molecule has 26 heavy (non-hydrogen) atoms. The van der Waals surface area contributed by atoms with Crippen molar-refractivity contribution in [3.8, 4) is 0 Å². The molecular weight excluding hydrogens is 338 g/mol. The first-order valence-corrected chi connectivity index (χ1v) is 9.13. The van der Waals surface area contributed by atoms with E-state index >= 15 is 0 Å². The lowest BCUT2D eigenvalue weighted by Crippen LogP contribution is -2.52. The van der Waals surface area contributed by atoms with E-state index in [0.29, 0.717) is 45.0 Å². The SMILES string of the molecule is COCCNC(=O)[C@@H]1C[C@@H](O)CN1C1CCN(C(=O)c2ccco2)CC1. The van der Waals surface area contributed by atoms with Crippen LogP contribution in [-0.2, 0) is 9.53 Å². The number of likely N-dealkylation sites (tertiary alicyclic amines) is 2. The molecule has 0 bridgehead atoms. The van der Waals surface area contributed by atoms with Crippen molar-refractivity contribution in [2.24, 2.45) is 0 Å². The maximum Gasteiger partial charge on any atom is 0.289 e. The fourth-order valence-electron chi connectivity index (χ4n) is 3.85. The summed E-state index contributed by atoms with van der Waals surface area (Å²) >= 11 is 0. The van der Waals surface area contributed by atoms with Crippen LogP contribution < -0.4 is 5.32 Å². The number of carbonyl (C=O) groups is 2. The Bertz CT molecular complexity index is 598. The first kappa shape index (κ1) is 18.9. The van der Waals surface area contributed by atoms with Gasteiger partial charge in [0, 0.05) is 39.3 Å². The number of carbonyl (C=O) groups excluding carboxylic acids is 2. The fraction of sp³-hybridized carbons (Fsp3) is 0.667. The van der Waals surface area contributed by atoms with Crippen LogP contribution in [0, 0.1) is 0 Å². The molecule has 0 unspecified atom stereocenters. The summed E-state index contributed by atoms with van der Waals surface area (Å²) in [4.78, 5) is 28.7. The number of β-amino-alcohol motifs (C(OH)–C–C–N with tert-alkyl or cyclic N) is 1. The molecule has 2 amide bonds. The molecule has 8 nitrogen and oxygen atoms in total. The van der Waals surface area contributed by atoms with E-state index in [0.717, 1.165) is 12.8 Å². The number of ether oxygens (including phenoxy) is 1. The van der Waals surface area contributed by atoms with E-state index in [1.165, 1.54) is 6.26 Å². The van der Waals surface area contributed by atoms with E-state index in [9.17, 15) is 14.7 Å². The monoisotopic (exact) mass is 365 g/mol. The van der Waals surface area contributed by atoms with Crippen molar-refractivity contribution in [2.75, 3.05) is 39.9 Å². The lowest BCUT2D eigenvalue weighted by molar-refractivity contribution is -0.126. The lowest BCUT2D eigenvalue weighted by Gasteiger charge is -2.38. The summed E-state index contributed by atoms with van der Waals surface area (Å²) in [5.41, 5.74) is 0. The van der Waals surface area contributed by atoms with Crippen LogP contribution in [0.4, 0.5) is 0 Å². The highest BCUT2D eigenvalue weighted by Crippen LogP contribution is 2.27. The van der Waals surface area contributed by atoms with Crippen molar-refractivity contribution in [2.45, 2.75) is 37.5 Å². The van der Waals surface area contributed by atoms with Crippen LogP contribution in [0.25, 0.3) is 0 Å². The van der Waals surface area contributed by atoms with Gasteiger partial charge in [0.1, 0.15) is 0 Å². The van der Waals surface area contributed by atoms with E-state index in [-0.39, 0.29) is 23.9 Å². The number of furan rings is 1. The van der Waals surface area contributed by atoms with Crippen LogP contribution in [0.5, 0.6) is 0 Å². The topological polar surface area (TPSA) is 95.3 Å². The fourth-order valence-corrected chi connectivity index (χ4v) is 3.85. The van der Waals surface area contributed by atoms with Crippen molar-refractivity contribution >= 4 is 11.8 Å². The molecule has 1 aromatic heterocycles. The minimum atomic E-state index is -0.490. The Morgan fingerprint density at radius 3 is 2.81 bits per heavy atom. The van der Waals surface area contributed by atoms with E-state index < -0.39 is 6.10 Å². The summed E-state index contributed by atoms with van der Waals surface area (Å²) in [5.74, 6) is 0.201. The van der Waals surface area contributed by atoms with Gasteiger partial charge in [0.25, 0.3) is 5.91 Å². The number of amides is 2. The molecule has 2 atom stereocenters. The number of piperidine rings is 1. The maximum atomic E-state index is 12.5. The highest BCUT2D eigenvalue weighted by Gasteiger charge is 2.41. The average Bonchev–Trinajstić information content (AvgIpc) is 3.31. The predicted octanol–water partition coefficient (Wildman–Crippen LogP) is 0.0820. The van der Waals surface area contributed by atoms with Gasteiger partial charge in [-0.2, -0.15) is 0 Å². The van der Waals surface area contributed by atoms with Gasteiger partial charge < -0.3 is 24.5 Å². The third-order valence-electron chi connectivity index (χ3n) is 5.18. The molecule has 8 heteroatoms. The van der Waals surface area contributed by atoms with Gasteiger partial charge in [-0.3, -0.25) is 14.5 Å². The maximum absolute atomic E-state index is 12.5. The number of nitrogens with one attached hydrogen (secondary N) is 1. The zero-order valence-corrected chi connectivity index (χ0v) is 15.1. The molecule has 0 saturated carbocycles. The summed E-state index contributed by atoms with van der Waals surface area (Å²) in [5, 5.41) is 12.9. The predicted molar refractivity (Wildman–Crippen MR) is 93.6 cm³/mol. The molecule has 0 aromatic carbocycles. The van der Waals surface area contributed by atoms with Gasteiger partial charge in [-0.05, 0) is 31.4 Å². The van der Waals surface area contributed by atoms with Crippen molar-refractivity contribution in [1.29, 1.82) is 0 Å². The molecule has 144 valence electrons. The largest absolute Gasteiger partial charge is 0.459 e. The third kappa shape index (κ3) is 4.25. The van der Waals surface area contributed by atoms with Crippen molar-refractivity contribution in [3.63, 3.8) is 0 Å². The van der Waals surface area contributed by atoms with Gasteiger partial charge in [-0.25, -0.2) is 0 Å². The Labute approximate surface area is 153 Å². The van der Waals surface area contributed by atoms with Crippen molar-refractivity contribution < 1.29 is 23.8 Å². The molecule has 2 fully saturated rings.